The van der Waals surface area contributed by atoms with Crippen molar-refractivity contribution in [2.45, 2.75) is 26.5 Å². The minimum absolute atomic E-state index is 0.156. The van der Waals surface area contributed by atoms with Gasteiger partial charge in [0.1, 0.15) is 5.82 Å². The normalized spacial score (nSPS) is 19.3. The predicted molar refractivity (Wildman–Crippen MR) is 77.9 cm³/mol. The second-order valence-electron chi connectivity index (χ2n) is 5.24. The second-order valence-corrected chi connectivity index (χ2v) is 5.24. The summed E-state index contributed by atoms with van der Waals surface area (Å²) in [6, 6.07) is 8.11. The third-order valence-corrected chi connectivity index (χ3v) is 3.59. The molecule has 1 fully saturated rings. The maximum Gasteiger partial charge on any atom is 0.128 e. The van der Waals surface area contributed by atoms with Crippen LogP contribution in [0.25, 0.3) is 0 Å². The van der Waals surface area contributed by atoms with Crippen molar-refractivity contribution in [3.63, 3.8) is 0 Å². The van der Waals surface area contributed by atoms with E-state index in [4.69, 9.17) is 4.74 Å². The minimum atomic E-state index is 0.156. The molecule has 0 aromatic carbocycles. The van der Waals surface area contributed by atoms with Crippen molar-refractivity contribution in [2.24, 2.45) is 0 Å². The zero-order valence-corrected chi connectivity index (χ0v) is 12.0. The van der Waals surface area contributed by atoms with Gasteiger partial charge >= 0.3 is 0 Å². The zero-order chi connectivity index (χ0) is 13.9. The highest BCUT2D eigenvalue weighted by Crippen LogP contribution is 2.16. The molecule has 1 aliphatic rings. The molecule has 0 saturated carbocycles. The second kappa shape index (κ2) is 5.63. The third kappa shape index (κ3) is 2.82. The highest BCUT2D eigenvalue weighted by Gasteiger charge is 2.22. The molecule has 3 heterocycles. The van der Waals surface area contributed by atoms with Crippen LogP contribution in [0.3, 0.4) is 0 Å². The van der Waals surface area contributed by atoms with E-state index in [1.54, 1.807) is 0 Å². The smallest absolute Gasteiger partial charge is 0.128 e. The van der Waals surface area contributed by atoms with Crippen LogP contribution in [0.2, 0.25) is 0 Å². The van der Waals surface area contributed by atoms with Crippen molar-refractivity contribution in [1.29, 1.82) is 0 Å². The standard InChI is InChI=1S/C15H20N4O/c1-12-9-13(2)19(17-12)11-14-10-18(7-8-20-14)15-5-3-4-6-16-15/h3-6,9,14H,7-8,10-11H2,1-2H3. The molecule has 5 nitrogen and oxygen atoms in total. The van der Waals surface area contributed by atoms with Gasteiger partial charge in [0, 0.05) is 25.0 Å². The summed E-state index contributed by atoms with van der Waals surface area (Å²) in [5, 5.41) is 4.50. The van der Waals surface area contributed by atoms with Gasteiger partial charge in [-0.2, -0.15) is 5.10 Å². The van der Waals surface area contributed by atoms with Crippen molar-refractivity contribution >= 4 is 5.82 Å². The van der Waals surface area contributed by atoms with E-state index in [0.717, 1.165) is 37.8 Å². The Balaban J connectivity index is 1.68. The van der Waals surface area contributed by atoms with Crippen LogP contribution in [0, 0.1) is 13.8 Å². The zero-order valence-electron chi connectivity index (χ0n) is 12.0. The lowest BCUT2D eigenvalue weighted by atomic mass is 10.2. The van der Waals surface area contributed by atoms with Crippen LogP contribution >= 0.6 is 0 Å². The molecule has 0 radical (unpaired) electrons. The van der Waals surface area contributed by atoms with E-state index in [1.807, 2.05) is 36.0 Å². The summed E-state index contributed by atoms with van der Waals surface area (Å²) in [6.07, 6.45) is 1.99. The highest BCUT2D eigenvalue weighted by atomic mass is 16.5. The van der Waals surface area contributed by atoms with Gasteiger partial charge in [-0.1, -0.05) is 6.07 Å². The van der Waals surface area contributed by atoms with Crippen LogP contribution in [0.4, 0.5) is 5.82 Å². The highest BCUT2D eigenvalue weighted by molar-refractivity contribution is 5.38. The molecule has 106 valence electrons. The predicted octanol–water partition coefficient (Wildman–Crippen LogP) is 1.80. The molecule has 1 saturated heterocycles. The van der Waals surface area contributed by atoms with E-state index in [1.165, 1.54) is 5.69 Å². The topological polar surface area (TPSA) is 43.2 Å². The number of hydrogen-bond donors (Lipinski definition) is 0. The molecule has 0 spiro atoms. The monoisotopic (exact) mass is 272 g/mol. The Hall–Kier alpha value is -1.88. The Bertz CT molecular complexity index is 567. The van der Waals surface area contributed by atoms with E-state index >= 15 is 0 Å². The fourth-order valence-electron chi connectivity index (χ4n) is 2.63. The summed E-state index contributed by atoms with van der Waals surface area (Å²) >= 11 is 0. The summed E-state index contributed by atoms with van der Waals surface area (Å²) in [7, 11) is 0. The fraction of sp³-hybridized carbons (Fsp3) is 0.467. The Labute approximate surface area is 119 Å². The molecule has 20 heavy (non-hydrogen) atoms. The molecule has 2 aromatic heterocycles. The van der Waals surface area contributed by atoms with Gasteiger partial charge in [-0.15, -0.1) is 0 Å². The Morgan fingerprint density at radius 3 is 2.95 bits per heavy atom. The lowest BCUT2D eigenvalue weighted by molar-refractivity contribution is 0.0267. The van der Waals surface area contributed by atoms with E-state index in [9.17, 15) is 0 Å². The molecule has 0 amide bonds. The van der Waals surface area contributed by atoms with Crippen LogP contribution in [0.5, 0.6) is 0 Å². The molecule has 1 unspecified atom stereocenters. The molecule has 3 rings (SSSR count). The SMILES string of the molecule is Cc1cc(C)n(CC2CN(c3ccccn3)CCO2)n1. The van der Waals surface area contributed by atoms with Gasteiger partial charge in [0.05, 0.1) is 24.9 Å². The van der Waals surface area contributed by atoms with E-state index in [-0.39, 0.29) is 6.10 Å². The molecule has 1 aliphatic heterocycles. The average molecular weight is 272 g/mol. The van der Waals surface area contributed by atoms with Crippen molar-refractivity contribution in [3.8, 4) is 0 Å². The number of morpholine rings is 1. The van der Waals surface area contributed by atoms with Crippen LogP contribution in [-0.4, -0.2) is 40.6 Å². The number of anilines is 1. The Kier molecular flexibility index (Phi) is 3.69. The summed E-state index contributed by atoms with van der Waals surface area (Å²) in [6.45, 7) is 7.38. The van der Waals surface area contributed by atoms with Crippen molar-refractivity contribution < 1.29 is 4.74 Å². The van der Waals surface area contributed by atoms with Crippen LogP contribution in [0.1, 0.15) is 11.4 Å². The third-order valence-electron chi connectivity index (χ3n) is 3.59. The van der Waals surface area contributed by atoms with E-state index in [2.05, 4.69) is 28.0 Å². The summed E-state index contributed by atoms with van der Waals surface area (Å²) in [4.78, 5) is 6.69. The van der Waals surface area contributed by atoms with Gasteiger partial charge in [-0.3, -0.25) is 4.68 Å². The van der Waals surface area contributed by atoms with E-state index in [0.29, 0.717) is 0 Å². The Morgan fingerprint density at radius 1 is 1.35 bits per heavy atom. The molecule has 5 heteroatoms. The van der Waals surface area contributed by atoms with Gasteiger partial charge in [0.15, 0.2) is 0 Å². The first-order valence-corrected chi connectivity index (χ1v) is 7.01. The van der Waals surface area contributed by atoms with Gasteiger partial charge < -0.3 is 9.64 Å². The first kappa shape index (κ1) is 13.1. The van der Waals surface area contributed by atoms with Crippen LogP contribution in [0.15, 0.2) is 30.5 Å². The lowest BCUT2D eigenvalue weighted by Crippen LogP contribution is -2.44. The number of aromatic nitrogens is 3. The molecule has 0 aliphatic carbocycles. The van der Waals surface area contributed by atoms with Crippen LogP contribution < -0.4 is 4.90 Å². The van der Waals surface area contributed by atoms with Crippen molar-refractivity contribution in [2.75, 3.05) is 24.6 Å². The Morgan fingerprint density at radius 2 is 2.25 bits per heavy atom. The van der Waals surface area contributed by atoms with Crippen LogP contribution in [-0.2, 0) is 11.3 Å². The van der Waals surface area contributed by atoms with Gasteiger partial charge in [0.2, 0.25) is 0 Å². The molecular formula is C15H20N4O. The quantitative estimate of drug-likeness (QED) is 0.854. The molecular weight excluding hydrogens is 252 g/mol. The maximum absolute atomic E-state index is 5.87. The maximum atomic E-state index is 5.87. The largest absolute Gasteiger partial charge is 0.373 e. The minimum Gasteiger partial charge on any atom is -0.373 e. The first-order valence-electron chi connectivity index (χ1n) is 7.01. The number of hydrogen-bond acceptors (Lipinski definition) is 4. The summed E-state index contributed by atoms with van der Waals surface area (Å²) in [5.41, 5.74) is 2.24. The molecule has 1 atom stereocenters. The number of nitrogens with zero attached hydrogens (tertiary/aromatic N) is 4. The number of rotatable bonds is 3. The average Bonchev–Trinajstić information content (AvgIpc) is 2.78. The number of aryl methyl sites for hydroxylation is 2. The van der Waals surface area contributed by atoms with Gasteiger partial charge in [0.25, 0.3) is 0 Å². The van der Waals surface area contributed by atoms with Crippen molar-refractivity contribution in [3.05, 3.63) is 41.9 Å². The fourth-order valence-corrected chi connectivity index (χ4v) is 2.63. The lowest BCUT2D eigenvalue weighted by Gasteiger charge is -2.33. The van der Waals surface area contributed by atoms with Gasteiger partial charge in [-0.25, -0.2) is 4.98 Å². The molecule has 0 bridgehead atoms. The first-order chi connectivity index (χ1) is 9.72. The number of ether oxygens (including phenoxy) is 1. The summed E-state index contributed by atoms with van der Waals surface area (Å²) < 4.78 is 7.90. The molecule has 2 aromatic rings. The van der Waals surface area contributed by atoms with Gasteiger partial charge in [-0.05, 0) is 32.0 Å². The summed E-state index contributed by atoms with van der Waals surface area (Å²) in [5.74, 6) is 1.02. The van der Waals surface area contributed by atoms with Crippen molar-refractivity contribution in [1.82, 2.24) is 14.8 Å². The van der Waals surface area contributed by atoms with E-state index < -0.39 is 0 Å². The molecule has 0 N–H and O–H groups in total. The number of pyridine rings is 1.